The van der Waals surface area contributed by atoms with Gasteiger partial charge in [-0.25, -0.2) is 4.98 Å². The van der Waals surface area contributed by atoms with E-state index in [-0.39, 0.29) is 5.91 Å². The van der Waals surface area contributed by atoms with Crippen LogP contribution < -0.4 is 4.74 Å². The van der Waals surface area contributed by atoms with E-state index < -0.39 is 0 Å². The second-order valence-electron chi connectivity index (χ2n) is 6.73. The Bertz CT molecular complexity index is 907. The van der Waals surface area contributed by atoms with E-state index in [1.54, 1.807) is 6.20 Å². The summed E-state index contributed by atoms with van der Waals surface area (Å²) in [5.41, 5.74) is 1.79. The molecular weight excluding hydrogens is 330 g/mol. The van der Waals surface area contributed by atoms with Crippen LogP contribution in [0.25, 0.3) is 11.1 Å². The molecule has 0 aliphatic carbocycles. The van der Waals surface area contributed by atoms with Gasteiger partial charge in [-0.2, -0.15) is 0 Å². The third-order valence-corrected chi connectivity index (χ3v) is 4.79. The minimum atomic E-state index is 0.00408. The van der Waals surface area contributed by atoms with Gasteiger partial charge in [0, 0.05) is 25.2 Å². The summed E-state index contributed by atoms with van der Waals surface area (Å²) < 4.78 is 11.0. The summed E-state index contributed by atoms with van der Waals surface area (Å²) in [5, 5.41) is 4.68. The molecule has 0 radical (unpaired) electrons. The van der Waals surface area contributed by atoms with Gasteiger partial charge in [-0.15, -0.1) is 0 Å². The van der Waals surface area contributed by atoms with Gasteiger partial charge in [0.15, 0.2) is 0 Å². The number of aryl methyl sites for hydroxylation is 1. The summed E-state index contributed by atoms with van der Waals surface area (Å²) in [6.07, 6.45) is 3.62. The molecule has 1 saturated heterocycles. The SMILES string of the molecule is Cc1noc2ncc(C(=O)N3CCCC(COc4ccccc4)C3)cc12. The van der Waals surface area contributed by atoms with Gasteiger partial charge in [0.2, 0.25) is 0 Å². The Morgan fingerprint density at radius 3 is 3.04 bits per heavy atom. The summed E-state index contributed by atoms with van der Waals surface area (Å²) in [6.45, 7) is 3.93. The number of piperidine rings is 1. The number of pyridine rings is 1. The van der Waals surface area contributed by atoms with Crippen LogP contribution in [0.1, 0.15) is 28.9 Å². The summed E-state index contributed by atoms with van der Waals surface area (Å²) in [7, 11) is 0. The minimum absolute atomic E-state index is 0.00408. The van der Waals surface area contributed by atoms with E-state index >= 15 is 0 Å². The summed E-state index contributed by atoms with van der Waals surface area (Å²) in [5.74, 6) is 1.21. The number of aromatic nitrogens is 2. The Hall–Kier alpha value is -2.89. The number of fused-ring (bicyclic) bond motifs is 1. The highest BCUT2D eigenvalue weighted by atomic mass is 16.5. The summed E-state index contributed by atoms with van der Waals surface area (Å²) in [4.78, 5) is 19.0. The third kappa shape index (κ3) is 3.40. The van der Waals surface area contributed by atoms with Gasteiger partial charge in [0.1, 0.15) is 5.75 Å². The monoisotopic (exact) mass is 351 g/mol. The average molecular weight is 351 g/mol. The van der Waals surface area contributed by atoms with Crippen molar-refractivity contribution in [3.8, 4) is 5.75 Å². The minimum Gasteiger partial charge on any atom is -0.493 e. The summed E-state index contributed by atoms with van der Waals surface area (Å²) >= 11 is 0. The van der Waals surface area contributed by atoms with Crippen LogP contribution in [0.3, 0.4) is 0 Å². The van der Waals surface area contributed by atoms with Crippen molar-refractivity contribution in [1.82, 2.24) is 15.0 Å². The maximum absolute atomic E-state index is 12.9. The molecule has 0 saturated carbocycles. The lowest BCUT2D eigenvalue weighted by Gasteiger charge is -2.32. The number of para-hydroxylation sites is 1. The van der Waals surface area contributed by atoms with Crippen LogP contribution in [0.5, 0.6) is 5.75 Å². The van der Waals surface area contributed by atoms with E-state index in [2.05, 4.69) is 10.1 Å². The molecule has 1 fully saturated rings. The van der Waals surface area contributed by atoms with Crippen LogP contribution in [0.4, 0.5) is 0 Å². The second-order valence-corrected chi connectivity index (χ2v) is 6.73. The predicted molar refractivity (Wildman–Crippen MR) is 97.1 cm³/mol. The van der Waals surface area contributed by atoms with Crippen LogP contribution in [-0.4, -0.2) is 40.6 Å². The number of likely N-dealkylation sites (tertiary alicyclic amines) is 1. The first-order chi connectivity index (χ1) is 12.7. The first-order valence-electron chi connectivity index (χ1n) is 8.90. The number of nitrogens with zero attached hydrogens (tertiary/aromatic N) is 3. The fourth-order valence-electron chi connectivity index (χ4n) is 3.36. The van der Waals surface area contributed by atoms with Crippen molar-refractivity contribution in [2.24, 2.45) is 5.92 Å². The predicted octanol–water partition coefficient (Wildman–Crippen LogP) is 3.46. The number of amides is 1. The van der Waals surface area contributed by atoms with Crippen molar-refractivity contribution in [2.75, 3.05) is 19.7 Å². The van der Waals surface area contributed by atoms with Gasteiger partial charge in [0.05, 0.1) is 23.3 Å². The quantitative estimate of drug-likeness (QED) is 0.720. The van der Waals surface area contributed by atoms with Gasteiger partial charge >= 0.3 is 0 Å². The van der Waals surface area contributed by atoms with Gasteiger partial charge in [0.25, 0.3) is 11.6 Å². The number of ether oxygens (including phenoxy) is 1. The van der Waals surface area contributed by atoms with Crippen molar-refractivity contribution < 1.29 is 14.1 Å². The fourth-order valence-corrected chi connectivity index (χ4v) is 3.36. The molecule has 1 aromatic carbocycles. The van der Waals surface area contributed by atoms with E-state index in [4.69, 9.17) is 9.26 Å². The lowest BCUT2D eigenvalue weighted by atomic mass is 9.98. The van der Waals surface area contributed by atoms with Crippen molar-refractivity contribution >= 4 is 17.0 Å². The number of carbonyl (C=O) groups is 1. The standard InChI is InChI=1S/C20H21N3O3/c1-14-18-10-16(11-21-19(18)26-22-14)20(24)23-9-5-6-15(12-23)13-25-17-7-3-2-4-8-17/h2-4,7-8,10-11,15H,5-6,9,12-13H2,1H3. The molecule has 0 spiro atoms. The zero-order valence-corrected chi connectivity index (χ0v) is 14.7. The largest absolute Gasteiger partial charge is 0.493 e. The highest BCUT2D eigenvalue weighted by molar-refractivity contribution is 5.97. The van der Waals surface area contributed by atoms with Crippen LogP contribution >= 0.6 is 0 Å². The number of benzene rings is 1. The number of carbonyl (C=O) groups excluding carboxylic acids is 1. The molecule has 3 heterocycles. The lowest BCUT2D eigenvalue weighted by Crippen LogP contribution is -2.41. The molecule has 3 aromatic rings. The zero-order valence-electron chi connectivity index (χ0n) is 14.7. The Balaban J connectivity index is 1.42. The molecule has 1 aliphatic rings. The maximum atomic E-state index is 12.9. The maximum Gasteiger partial charge on any atom is 0.257 e. The van der Waals surface area contributed by atoms with Crippen LogP contribution in [0.2, 0.25) is 0 Å². The highest BCUT2D eigenvalue weighted by Crippen LogP contribution is 2.22. The highest BCUT2D eigenvalue weighted by Gasteiger charge is 2.25. The van der Waals surface area contributed by atoms with Crippen molar-refractivity contribution in [3.05, 3.63) is 53.9 Å². The Morgan fingerprint density at radius 1 is 1.35 bits per heavy atom. The third-order valence-electron chi connectivity index (χ3n) is 4.79. The number of hydrogen-bond donors (Lipinski definition) is 0. The van der Waals surface area contributed by atoms with Crippen molar-refractivity contribution in [1.29, 1.82) is 0 Å². The molecule has 134 valence electrons. The van der Waals surface area contributed by atoms with Gasteiger partial charge in [-0.3, -0.25) is 4.79 Å². The Kier molecular flexibility index (Phi) is 4.56. The summed E-state index contributed by atoms with van der Waals surface area (Å²) in [6, 6.07) is 11.6. The topological polar surface area (TPSA) is 68.5 Å². The first-order valence-corrected chi connectivity index (χ1v) is 8.90. The van der Waals surface area contributed by atoms with Crippen LogP contribution in [0, 0.1) is 12.8 Å². The molecule has 2 aromatic heterocycles. The van der Waals surface area contributed by atoms with Crippen LogP contribution in [-0.2, 0) is 0 Å². The molecule has 6 nitrogen and oxygen atoms in total. The van der Waals surface area contributed by atoms with E-state index in [1.165, 1.54) is 0 Å². The zero-order chi connectivity index (χ0) is 17.9. The molecule has 1 aliphatic heterocycles. The average Bonchev–Trinajstić information content (AvgIpc) is 3.07. The Morgan fingerprint density at radius 2 is 2.19 bits per heavy atom. The Labute approximate surface area is 151 Å². The fraction of sp³-hybridized carbons (Fsp3) is 0.350. The molecule has 1 atom stereocenters. The van der Waals surface area contributed by atoms with Gasteiger partial charge in [-0.1, -0.05) is 23.4 Å². The van der Waals surface area contributed by atoms with Gasteiger partial charge < -0.3 is 14.2 Å². The number of hydrogen-bond acceptors (Lipinski definition) is 5. The molecule has 6 heteroatoms. The van der Waals surface area contributed by atoms with E-state index in [0.29, 0.717) is 30.3 Å². The molecule has 0 bridgehead atoms. The molecule has 26 heavy (non-hydrogen) atoms. The molecule has 1 amide bonds. The van der Waals surface area contributed by atoms with E-state index in [1.807, 2.05) is 48.2 Å². The lowest BCUT2D eigenvalue weighted by molar-refractivity contribution is 0.0633. The normalized spacial score (nSPS) is 17.4. The smallest absolute Gasteiger partial charge is 0.257 e. The second kappa shape index (κ2) is 7.15. The number of rotatable bonds is 4. The molecule has 0 N–H and O–H groups in total. The van der Waals surface area contributed by atoms with Crippen molar-refractivity contribution in [2.45, 2.75) is 19.8 Å². The van der Waals surface area contributed by atoms with E-state index in [9.17, 15) is 4.79 Å². The van der Waals surface area contributed by atoms with E-state index in [0.717, 1.165) is 36.2 Å². The molecular formula is C20H21N3O3. The van der Waals surface area contributed by atoms with Gasteiger partial charge in [-0.05, 0) is 38.0 Å². The van der Waals surface area contributed by atoms with Crippen LogP contribution in [0.15, 0.2) is 47.1 Å². The first kappa shape index (κ1) is 16.6. The molecule has 4 rings (SSSR count). The van der Waals surface area contributed by atoms with Crippen molar-refractivity contribution in [3.63, 3.8) is 0 Å². The molecule has 1 unspecified atom stereocenters.